The van der Waals surface area contributed by atoms with Gasteiger partial charge in [0.2, 0.25) is 0 Å². The second-order valence-electron chi connectivity index (χ2n) is 4.83. The van der Waals surface area contributed by atoms with Crippen LogP contribution < -0.4 is 0 Å². The number of hydrogen-bond acceptors (Lipinski definition) is 4. The molecule has 0 spiro atoms. The van der Waals surface area contributed by atoms with Crippen LogP contribution in [0.25, 0.3) is 0 Å². The van der Waals surface area contributed by atoms with E-state index in [0.717, 1.165) is 25.7 Å². The van der Waals surface area contributed by atoms with Crippen LogP contribution in [0.5, 0.6) is 0 Å². The summed E-state index contributed by atoms with van der Waals surface area (Å²) in [6.45, 7) is 0.947. The zero-order valence-corrected chi connectivity index (χ0v) is 13.0. The van der Waals surface area contributed by atoms with E-state index in [9.17, 15) is 30.8 Å². The molecule has 22 heavy (non-hydrogen) atoms. The number of alkyl halides is 4. The lowest BCUT2D eigenvalue weighted by molar-refractivity contribution is -0.174. The SMILES string of the molecule is CCCCCCCC(=O)OCCC(F)(F)C(F)(F)S(=O)(=O)O. The van der Waals surface area contributed by atoms with Crippen LogP contribution in [-0.4, -0.2) is 36.7 Å². The van der Waals surface area contributed by atoms with E-state index in [1.807, 2.05) is 6.92 Å². The van der Waals surface area contributed by atoms with Gasteiger partial charge in [-0.2, -0.15) is 26.0 Å². The molecule has 0 unspecified atom stereocenters. The second-order valence-corrected chi connectivity index (χ2v) is 6.29. The highest BCUT2D eigenvalue weighted by molar-refractivity contribution is 7.87. The Hall–Kier alpha value is -0.900. The van der Waals surface area contributed by atoms with E-state index in [2.05, 4.69) is 4.74 Å². The molecule has 0 radical (unpaired) electrons. The van der Waals surface area contributed by atoms with E-state index >= 15 is 0 Å². The first-order valence-electron chi connectivity index (χ1n) is 6.84. The molecule has 0 aliphatic heterocycles. The molecule has 5 nitrogen and oxygen atoms in total. The Kier molecular flexibility index (Phi) is 8.30. The minimum absolute atomic E-state index is 0.0238. The molecule has 0 atom stereocenters. The topological polar surface area (TPSA) is 80.7 Å². The van der Waals surface area contributed by atoms with Crippen LogP contribution in [0.4, 0.5) is 17.6 Å². The summed E-state index contributed by atoms with van der Waals surface area (Å²) >= 11 is 0. The summed E-state index contributed by atoms with van der Waals surface area (Å²) in [6.07, 6.45) is 2.47. The minimum Gasteiger partial charge on any atom is -0.465 e. The molecular weight excluding hydrogens is 332 g/mol. The maximum atomic E-state index is 13.1. The van der Waals surface area contributed by atoms with Crippen molar-refractivity contribution in [3.05, 3.63) is 0 Å². The fourth-order valence-electron chi connectivity index (χ4n) is 1.57. The van der Waals surface area contributed by atoms with Crippen LogP contribution in [0.3, 0.4) is 0 Å². The molecule has 0 saturated carbocycles. The van der Waals surface area contributed by atoms with E-state index in [1.54, 1.807) is 0 Å². The van der Waals surface area contributed by atoms with Gasteiger partial charge < -0.3 is 4.74 Å². The van der Waals surface area contributed by atoms with E-state index in [-0.39, 0.29) is 6.42 Å². The van der Waals surface area contributed by atoms with Crippen LogP contribution in [0.15, 0.2) is 0 Å². The van der Waals surface area contributed by atoms with Crippen LogP contribution in [0.1, 0.15) is 51.9 Å². The van der Waals surface area contributed by atoms with Crippen molar-refractivity contribution in [2.75, 3.05) is 6.61 Å². The third-order valence-corrected chi connectivity index (χ3v) is 3.86. The zero-order chi connectivity index (χ0) is 17.4. The number of ether oxygens (including phenoxy) is 1. The van der Waals surface area contributed by atoms with Crippen LogP contribution in [0, 0.1) is 0 Å². The van der Waals surface area contributed by atoms with Gasteiger partial charge in [0.25, 0.3) is 0 Å². The molecule has 0 bridgehead atoms. The highest BCUT2D eigenvalue weighted by Gasteiger charge is 2.65. The Labute approximate surface area is 126 Å². The van der Waals surface area contributed by atoms with Gasteiger partial charge in [0.05, 0.1) is 13.0 Å². The summed E-state index contributed by atoms with van der Waals surface area (Å²) in [5.41, 5.74) is 0. The van der Waals surface area contributed by atoms with Crippen LogP contribution in [0.2, 0.25) is 0 Å². The second kappa shape index (κ2) is 8.66. The predicted molar refractivity (Wildman–Crippen MR) is 70.4 cm³/mol. The van der Waals surface area contributed by atoms with Crippen molar-refractivity contribution < 1.29 is 40.1 Å². The molecule has 0 saturated heterocycles. The molecule has 0 rings (SSSR count). The maximum absolute atomic E-state index is 13.1. The molecule has 1 N–H and O–H groups in total. The zero-order valence-electron chi connectivity index (χ0n) is 12.2. The predicted octanol–water partition coefficient (Wildman–Crippen LogP) is 3.40. The van der Waals surface area contributed by atoms with Gasteiger partial charge in [0, 0.05) is 6.42 Å². The number of halogens is 4. The maximum Gasteiger partial charge on any atom is 0.431 e. The van der Waals surface area contributed by atoms with Crippen molar-refractivity contribution in [1.82, 2.24) is 0 Å². The summed E-state index contributed by atoms with van der Waals surface area (Å²) in [4.78, 5) is 11.2. The number of hydrogen-bond donors (Lipinski definition) is 1. The van der Waals surface area contributed by atoms with E-state index in [1.165, 1.54) is 0 Å². The number of rotatable bonds is 11. The average Bonchev–Trinajstić information content (AvgIpc) is 2.36. The molecule has 0 aliphatic rings. The average molecular weight is 352 g/mol. The summed E-state index contributed by atoms with van der Waals surface area (Å²) < 4.78 is 84.7. The molecule has 0 aromatic heterocycles. The molecule has 0 aromatic carbocycles. The standard InChI is InChI=1S/C12H20F4O5S/c1-2-3-4-5-6-7-10(17)21-9-8-11(13,14)12(15,16)22(18,19)20/h2-9H2,1H3,(H,18,19,20). The van der Waals surface area contributed by atoms with Gasteiger partial charge in [-0.3, -0.25) is 9.35 Å². The summed E-state index contributed by atoms with van der Waals surface area (Å²) in [5.74, 6) is -5.86. The van der Waals surface area contributed by atoms with Crippen molar-refractivity contribution in [3.63, 3.8) is 0 Å². The van der Waals surface area contributed by atoms with Gasteiger partial charge in [-0.05, 0) is 6.42 Å². The largest absolute Gasteiger partial charge is 0.465 e. The van der Waals surface area contributed by atoms with Crippen molar-refractivity contribution in [2.24, 2.45) is 0 Å². The lowest BCUT2D eigenvalue weighted by Gasteiger charge is -2.23. The van der Waals surface area contributed by atoms with Gasteiger partial charge in [-0.25, -0.2) is 0 Å². The molecule has 132 valence electrons. The van der Waals surface area contributed by atoms with Gasteiger partial charge in [-0.1, -0.05) is 32.6 Å². The summed E-state index contributed by atoms with van der Waals surface area (Å²) in [7, 11) is -6.26. The Bertz CT molecular complexity index is 450. The first-order valence-corrected chi connectivity index (χ1v) is 8.28. The Morgan fingerprint density at radius 1 is 1.09 bits per heavy atom. The lowest BCUT2D eigenvalue weighted by atomic mass is 10.1. The smallest absolute Gasteiger partial charge is 0.431 e. The first kappa shape index (κ1) is 21.1. The highest BCUT2D eigenvalue weighted by atomic mass is 32.2. The van der Waals surface area contributed by atoms with Gasteiger partial charge >= 0.3 is 27.3 Å². The number of carbonyl (C=O) groups is 1. The molecule has 0 fully saturated rings. The normalized spacial score (nSPS) is 13.2. The van der Waals surface area contributed by atoms with Crippen molar-refractivity contribution in [3.8, 4) is 0 Å². The van der Waals surface area contributed by atoms with E-state index in [0.29, 0.717) is 6.42 Å². The Morgan fingerprint density at radius 3 is 2.14 bits per heavy atom. The Balaban J connectivity index is 4.16. The van der Waals surface area contributed by atoms with Crippen LogP contribution >= 0.6 is 0 Å². The van der Waals surface area contributed by atoms with Crippen LogP contribution in [-0.2, 0) is 19.6 Å². The number of unbranched alkanes of at least 4 members (excludes halogenated alkanes) is 4. The molecule has 0 heterocycles. The molecule has 0 amide bonds. The molecule has 0 aromatic rings. The van der Waals surface area contributed by atoms with Crippen molar-refractivity contribution >= 4 is 16.1 Å². The van der Waals surface area contributed by atoms with Gasteiger partial charge in [0.1, 0.15) is 0 Å². The molecule has 0 aliphatic carbocycles. The van der Waals surface area contributed by atoms with Crippen molar-refractivity contribution in [1.29, 1.82) is 0 Å². The fraction of sp³-hybridized carbons (Fsp3) is 0.917. The highest BCUT2D eigenvalue weighted by Crippen LogP contribution is 2.40. The monoisotopic (exact) mass is 352 g/mol. The van der Waals surface area contributed by atoms with E-state index < -0.39 is 40.3 Å². The lowest BCUT2D eigenvalue weighted by Crippen LogP contribution is -2.47. The fourth-order valence-corrected chi connectivity index (χ4v) is 2.05. The van der Waals surface area contributed by atoms with Gasteiger partial charge in [-0.15, -0.1) is 0 Å². The molecule has 10 heteroatoms. The third-order valence-electron chi connectivity index (χ3n) is 2.91. The number of esters is 1. The quantitative estimate of drug-likeness (QED) is 0.267. The van der Waals surface area contributed by atoms with E-state index in [4.69, 9.17) is 4.55 Å². The summed E-state index contributed by atoms with van der Waals surface area (Å²) in [6, 6.07) is 0. The van der Waals surface area contributed by atoms with Gasteiger partial charge in [0.15, 0.2) is 0 Å². The van der Waals surface area contributed by atoms with Crippen molar-refractivity contribution in [2.45, 2.75) is 63.0 Å². The number of carbonyl (C=O) groups excluding carboxylic acids is 1. The Morgan fingerprint density at radius 2 is 1.64 bits per heavy atom. The third kappa shape index (κ3) is 6.47. The minimum atomic E-state index is -6.26. The first-order chi connectivity index (χ1) is 9.95. The molecular formula is C12H20F4O5S. The summed E-state index contributed by atoms with van der Waals surface area (Å²) in [5, 5.41) is -5.63.